The molecule has 0 N–H and O–H groups in total. The fourth-order valence-corrected chi connectivity index (χ4v) is 4.27. The number of amides is 1. The molecule has 9 heteroatoms. The highest BCUT2D eigenvalue weighted by Gasteiger charge is 2.23. The lowest BCUT2D eigenvalue weighted by Crippen LogP contribution is -2.33. The summed E-state index contributed by atoms with van der Waals surface area (Å²) in [4.78, 5) is 22.1. The number of thiazole rings is 1. The predicted octanol–water partition coefficient (Wildman–Crippen LogP) is 3.93. The minimum Gasteiger partial charge on any atom is -0.497 e. The smallest absolute Gasteiger partial charge is 0.260 e. The molecular formula is C23H29N3O5S. The van der Waals surface area contributed by atoms with Gasteiger partial charge in [0.15, 0.2) is 16.6 Å². The van der Waals surface area contributed by atoms with Crippen LogP contribution in [0.15, 0.2) is 30.3 Å². The fraction of sp³-hybridized carbons (Fsp3) is 0.391. The molecule has 1 heterocycles. The summed E-state index contributed by atoms with van der Waals surface area (Å²) in [6.07, 6.45) is 0.794. The molecule has 0 unspecified atom stereocenters. The molecule has 0 fully saturated rings. The number of rotatable bonds is 10. The van der Waals surface area contributed by atoms with E-state index in [0.717, 1.165) is 23.2 Å². The Balaban J connectivity index is 2.03. The molecule has 0 aliphatic rings. The van der Waals surface area contributed by atoms with Crippen LogP contribution in [0.1, 0.15) is 16.8 Å². The number of hydrogen-bond donors (Lipinski definition) is 0. The zero-order valence-electron chi connectivity index (χ0n) is 19.3. The Morgan fingerprint density at radius 3 is 2.06 bits per heavy atom. The van der Waals surface area contributed by atoms with E-state index in [2.05, 4.69) is 4.90 Å². The highest BCUT2D eigenvalue weighted by molar-refractivity contribution is 7.22. The van der Waals surface area contributed by atoms with Gasteiger partial charge in [0, 0.05) is 30.3 Å². The lowest BCUT2D eigenvalue weighted by Gasteiger charge is -2.21. The fourth-order valence-electron chi connectivity index (χ4n) is 3.27. The van der Waals surface area contributed by atoms with E-state index in [1.165, 1.54) is 11.3 Å². The third-order valence-corrected chi connectivity index (χ3v) is 5.99. The van der Waals surface area contributed by atoms with Crippen LogP contribution in [-0.2, 0) is 0 Å². The number of carbonyl (C=O) groups excluding carboxylic acids is 1. The maximum absolute atomic E-state index is 13.6. The molecule has 0 aliphatic carbocycles. The molecule has 32 heavy (non-hydrogen) atoms. The number of anilines is 1. The Morgan fingerprint density at radius 2 is 1.50 bits per heavy atom. The van der Waals surface area contributed by atoms with Gasteiger partial charge in [0.2, 0.25) is 0 Å². The first-order valence-corrected chi connectivity index (χ1v) is 10.9. The summed E-state index contributed by atoms with van der Waals surface area (Å²) < 4.78 is 22.4. The van der Waals surface area contributed by atoms with Gasteiger partial charge in [-0.2, -0.15) is 0 Å². The van der Waals surface area contributed by atoms with E-state index in [1.807, 2.05) is 26.2 Å². The van der Waals surface area contributed by atoms with Gasteiger partial charge in [-0.3, -0.25) is 9.69 Å². The number of aromatic nitrogens is 1. The highest BCUT2D eigenvalue weighted by atomic mass is 32.1. The summed E-state index contributed by atoms with van der Waals surface area (Å²) in [5.41, 5.74) is 1.22. The molecule has 3 rings (SSSR count). The van der Waals surface area contributed by atoms with Crippen LogP contribution in [0.5, 0.6) is 23.0 Å². The molecule has 0 saturated carbocycles. The molecule has 0 saturated heterocycles. The van der Waals surface area contributed by atoms with Gasteiger partial charge >= 0.3 is 0 Å². The van der Waals surface area contributed by atoms with Gasteiger partial charge in [0.1, 0.15) is 11.5 Å². The van der Waals surface area contributed by atoms with E-state index >= 15 is 0 Å². The summed E-state index contributed by atoms with van der Waals surface area (Å²) >= 11 is 1.44. The lowest BCUT2D eigenvalue weighted by molar-refractivity contribution is 0.0985. The van der Waals surface area contributed by atoms with Gasteiger partial charge in [-0.05, 0) is 39.2 Å². The molecule has 0 aliphatic heterocycles. The summed E-state index contributed by atoms with van der Waals surface area (Å²) in [5, 5.41) is 0.612. The number of nitrogens with zero attached hydrogens (tertiary/aromatic N) is 3. The van der Waals surface area contributed by atoms with E-state index in [1.54, 1.807) is 51.5 Å². The molecular weight excluding hydrogens is 430 g/mol. The molecule has 8 nitrogen and oxygen atoms in total. The first-order chi connectivity index (χ1) is 15.4. The Morgan fingerprint density at radius 1 is 0.875 bits per heavy atom. The Hall–Kier alpha value is -3.04. The average molecular weight is 460 g/mol. The number of methoxy groups -OCH3 is 4. The molecule has 1 amide bonds. The minimum atomic E-state index is -0.168. The van der Waals surface area contributed by atoms with Gasteiger partial charge in [0.05, 0.1) is 38.7 Å². The van der Waals surface area contributed by atoms with Crippen LogP contribution in [0.3, 0.4) is 0 Å². The molecule has 0 atom stereocenters. The van der Waals surface area contributed by atoms with E-state index in [9.17, 15) is 4.79 Å². The van der Waals surface area contributed by atoms with Crippen LogP contribution in [0, 0.1) is 0 Å². The summed E-state index contributed by atoms with van der Waals surface area (Å²) in [5.74, 6) is 2.16. The van der Waals surface area contributed by atoms with Crippen molar-refractivity contribution in [3.05, 3.63) is 35.9 Å². The monoisotopic (exact) mass is 459 g/mol. The number of carbonyl (C=O) groups is 1. The van der Waals surface area contributed by atoms with E-state index in [4.69, 9.17) is 23.9 Å². The van der Waals surface area contributed by atoms with E-state index < -0.39 is 0 Å². The molecule has 0 bridgehead atoms. The molecule has 1 aromatic heterocycles. The Labute approximate surface area is 192 Å². The lowest BCUT2D eigenvalue weighted by atomic mass is 10.1. The SMILES string of the molecule is COc1cc(OC)cc(C(=O)N(CCCN(C)C)c2nc3cc(OC)c(OC)cc3s2)c1. The van der Waals surface area contributed by atoms with Crippen molar-refractivity contribution >= 4 is 32.6 Å². The highest BCUT2D eigenvalue weighted by Crippen LogP contribution is 2.38. The molecule has 0 spiro atoms. The second kappa shape index (κ2) is 10.5. The normalized spacial score (nSPS) is 11.0. The largest absolute Gasteiger partial charge is 0.497 e. The first-order valence-electron chi connectivity index (χ1n) is 10.1. The van der Waals surface area contributed by atoms with Crippen molar-refractivity contribution in [2.75, 3.05) is 60.5 Å². The Kier molecular flexibility index (Phi) is 7.76. The van der Waals surface area contributed by atoms with Crippen molar-refractivity contribution in [3.63, 3.8) is 0 Å². The van der Waals surface area contributed by atoms with Crippen molar-refractivity contribution < 1.29 is 23.7 Å². The first kappa shape index (κ1) is 23.6. The maximum Gasteiger partial charge on any atom is 0.260 e. The van der Waals surface area contributed by atoms with Gasteiger partial charge in [-0.15, -0.1) is 0 Å². The van der Waals surface area contributed by atoms with E-state index in [0.29, 0.717) is 40.2 Å². The number of benzene rings is 2. The van der Waals surface area contributed by atoms with Gasteiger partial charge in [-0.25, -0.2) is 4.98 Å². The van der Waals surface area contributed by atoms with Crippen molar-refractivity contribution in [1.82, 2.24) is 9.88 Å². The molecule has 172 valence electrons. The van der Waals surface area contributed by atoms with Crippen LogP contribution < -0.4 is 23.8 Å². The van der Waals surface area contributed by atoms with Crippen molar-refractivity contribution in [2.45, 2.75) is 6.42 Å². The third-order valence-electron chi connectivity index (χ3n) is 4.94. The maximum atomic E-state index is 13.6. The second-order valence-electron chi connectivity index (χ2n) is 7.39. The number of ether oxygens (including phenoxy) is 4. The summed E-state index contributed by atoms with van der Waals surface area (Å²) in [6.45, 7) is 1.36. The summed E-state index contributed by atoms with van der Waals surface area (Å²) in [7, 11) is 10.3. The molecule has 0 radical (unpaired) electrons. The Bertz CT molecular complexity index is 1020. The molecule has 3 aromatic rings. The van der Waals surface area contributed by atoms with Gasteiger partial charge in [-0.1, -0.05) is 11.3 Å². The topological polar surface area (TPSA) is 73.4 Å². The zero-order valence-corrected chi connectivity index (χ0v) is 20.1. The average Bonchev–Trinajstić information content (AvgIpc) is 3.22. The van der Waals surface area contributed by atoms with Gasteiger partial charge in [0.25, 0.3) is 5.91 Å². The van der Waals surface area contributed by atoms with Crippen LogP contribution in [0.25, 0.3) is 10.2 Å². The van der Waals surface area contributed by atoms with Crippen LogP contribution in [0.2, 0.25) is 0 Å². The van der Waals surface area contributed by atoms with Crippen LogP contribution in [0.4, 0.5) is 5.13 Å². The second-order valence-corrected chi connectivity index (χ2v) is 8.40. The third kappa shape index (κ3) is 5.23. The standard InChI is InChI=1S/C23H29N3O5S/c1-25(2)8-7-9-26(22(27)15-10-16(28-3)12-17(11-15)29-4)23-24-18-13-19(30-5)20(31-6)14-21(18)32-23/h10-14H,7-9H2,1-6H3. The minimum absolute atomic E-state index is 0.168. The van der Waals surface area contributed by atoms with Crippen LogP contribution >= 0.6 is 11.3 Å². The summed E-state index contributed by atoms with van der Waals surface area (Å²) in [6, 6.07) is 8.87. The number of hydrogen-bond acceptors (Lipinski definition) is 8. The van der Waals surface area contributed by atoms with Crippen LogP contribution in [-0.4, -0.2) is 71.4 Å². The predicted molar refractivity (Wildman–Crippen MR) is 127 cm³/mol. The van der Waals surface area contributed by atoms with Gasteiger partial charge < -0.3 is 23.8 Å². The zero-order chi connectivity index (χ0) is 23.3. The quantitative estimate of drug-likeness (QED) is 0.455. The van der Waals surface area contributed by atoms with Crippen molar-refractivity contribution in [3.8, 4) is 23.0 Å². The van der Waals surface area contributed by atoms with Crippen molar-refractivity contribution in [2.24, 2.45) is 0 Å². The molecule has 2 aromatic carbocycles. The van der Waals surface area contributed by atoms with E-state index in [-0.39, 0.29) is 5.91 Å². The number of fused-ring (bicyclic) bond motifs is 1. The van der Waals surface area contributed by atoms with Crippen molar-refractivity contribution in [1.29, 1.82) is 0 Å².